The van der Waals surface area contributed by atoms with Crippen LogP contribution in [0, 0.1) is 5.92 Å². The maximum absolute atomic E-state index is 6.48. The number of ether oxygens (including phenoxy) is 1. The van der Waals surface area contributed by atoms with Gasteiger partial charge in [-0.3, -0.25) is 9.88 Å². The van der Waals surface area contributed by atoms with Crippen LogP contribution >= 0.6 is 12.6 Å². The van der Waals surface area contributed by atoms with Gasteiger partial charge in [0.25, 0.3) is 0 Å². The number of nitrogens with zero attached hydrogens (tertiary/aromatic N) is 2. The van der Waals surface area contributed by atoms with Crippen molar-refractivity contribution in [2.24, 2.45) is 5.92 Å². The average molecular weight is 467 g/mol. The standard InChI is InChI=1S/C30H30N2OS/c1-2-5-25(34)19-32-23-9-10-24(32)17-22(16-23)30-26-6-3-4-7-28(26)33-29-18-21(8-11-27(29)30)20-12-14-31-15-13-20/h2-8,11-15,18,22-24,30,34H,1,9-10,16-17,19H2/b25-5-. The van der Waals surface area contributed by atoms with E-state index in [-0.39, 0.29) is 0 Å². The molecule has 2 saturated heterocycles. The van der Waals surface area contributed by atoms with Gasteiger partial charge in [0.1, 0.15) is 11.5 Å². The molecule has 3 nitrogen and oxygen atoms in total. The maximum Gasteiger partial charge on any atom is 0.131 e. The molecule has 3 unspecified atom stereocenters. The summed E-state index contributed by atoms with van der Waals surface area (Å²) in [5, 5.41) is 0. The lowest BCUT2D eigenvalue weighted by molar-refractivity contribution is 0.108. The number of hydrogen-bond acceptors (Lipinski definition) is 4. The maximum atomic E-state index is 6.48. The molecule has 1 aromatic heterocycles. The van der Waals surface area contributed by atoms with Gasteiger partial charge in [-0.2, -0.15) is 0 Å². The van der Waals surface area contributed by atoms with Gasteiger partial charge in [0.2, 0.25) is 0 Å². The van der Waals surface area contributed by atoms with Gasteiger partial charge in [0.05, 0.1) is 0 Å². The highest BCUT2D eigenvalue weighted by molar-refractivity contribution is 7.84. The number of aromatic nitrogens is 1. The molecule has 4 heteroatoms. The lowest BCUT2D eigenvalue weighted by Gasteiger charge is -2.43. The second-order valence-electron chi connectivity index (χ2n) is 9.79. The number of para-hydroxylation sites is 1. The summed E-state index contributed by atoms with van der Waals surface area (Å²) in [6.45, 7) is 4.77. The number of piperidine rings is 1. The van der Waals surface area contributed by atoms with E-state index < -0.39 is 0 Å². The zero-order valence-electron chi connectivity index (χ0n) is 19.3. The van der Waals surface area contributed by atoms with E-state index in [1.165, 1.54) is 47.9 Å². The molecule has 2 bridgehead atoms. The monoisotopic (exact) mass is 466 g/mol. The average Bonchev–Trinajstić information content (AvgIpc) is 3.09. The number of benzene rings is 2. The Hall–Kier alpha value is -2.82. The van der Waals surface area contributed by atoms with E-state index in [9.17, 15) is 0 Å². The van der Waals surface area contributed by atoms with E-state index in [0.717, 1.165) is 22.9 Å². The van der Waals surface area contributed by atoms with Crippen molar-refractivity contribution in [3.8, 4) is 22.6 Å². The van der Waals surface area contributed by atoms with Crippen molar-refractivity contribution in [3.63, 3.8) is 0 Å². The molecule has 0 N–H and O–H groups in total. The second-order valence-corrected chi connectivity index (χ2v) is 10.4. The van der Waals surface area contributed by atoms with Crippen LogP contribution in [0.15, 0.2) is 90.6 Å². The first-order chi connectivity index (χ1) is 16.7. The van der Waals surface area contributed by atoms with Crippen molar-refractivity contribution >= 4 is 12.6 Å². The predicted octanol–water partition coefficient (Wildman–Crippen LogP) is 7.23. The lowest BCUT2D eigenvalue weighted by atomic mass is 9.72. The normalized spacial score (nSPS) is 25.9. The lowest BCUT2D eigenvalue weighted by Crippen LogP contribution is -2.45. The van der Waals surface area contributed by atoms with Crippen molar-refractivity contribution < 1.29 is 4.74 Å². The number of allylic oxidation sites excluding steroid dienone is 2. The minimum absolute atomic E-state index is 0.371. The molecule has 3 aliphatic rings. The Morgan fingerprint density at radius 1 is 0.971 bits per heavy atom. The fourth-order valence-electron chi connectivity index (χ4n) is 6.45. The molecule has 0 spiro atoms. The van der Waals surface area contributed by atoms with Crippen molar-refractivity contribution in [2.75, 3.05) is 6.54 Å². The molecule has 3 aliphatic heterocycles. The van der Waals surface area contributed by atoms with E-state index in [1.54, 1.807) is 0 Å². The molecule has 0 aliphatic carbocycles. The SMILES string of the molecule is C=C/C=C(\S)CN1C2CCC1CC(C1c3ccccc3Oc3cc(-c4ccncc4)ccc31)C2. The zero-order valence-corrected chi connectivity index (χ0v) is 20.2. The molecule has 3 aromatic rings. The third-order valence-corrected chi connectivity index (χ3v) is 8.17. The Morgan fingerprint density at radius 3 is 2.47 bits per heavy atom. The first-order valence-corrected chi connectivity index (χ1v) is 12.7. The number of hydrogen-bond donors (Lipinski definition) is 1. The Morgan fingerprint density at radius 2 is 1.71 bits per heavy atom. The van der Waals surface area contributed by atoms with Crippen LogP contribution < -0.4 is 4.74 Å². The van der Waals surface area contributed by atoms with Gasteiger partial charge in [-0.1, -0.05) is 49.1 Å². The second kappa shape index (κ2) is 9.09. The van der Waals surface area contributed by atoms with Crippen molar-refractivity contribution in [1.29, 1.82) is 0 Å². The summed E-state index contributed by atoms with van der Waals surface area (Å²) in [6.07, 6.45) is 12.6. The summed E-state index contributed by atoms with van der Waals surface area (Å²) in [6, 6.07) is 20.8. The Labute approximate surface area is 207 Å². The highest BCUT2D eigenvalue weighted by Gasteiger charge is 2.45. The highest BCUT2D eigenvalue weighted by atomic mass is 32.1. The topological polar surface area (TPSA) is 25.4 Å². The van der Waals surface area contributed by atoms with Crippen LogP contribution in [0.4, 0.5) is 0 Å². The Balaban J connectivity index is 1.34. The van der Waals surface area contributed by atoms with Crippen molar-refractivity contribution in [1.82, 2.24) is 9.88 Å². The first kappa shape index (κ1) is 21.7. The smallest absolute Gasteiger partial charge is 0.131 e. The number of pyridine rings is 1. The van der Waals surface area contributed by atoms with Gasteiger partial charge in [0.15, 0.2) is 0 Å². The summed E-state index contributed by atoms with van der Waals surface area (Å²) < 4.78 is 6.48. The summed E-state index contributed by atoms with van der Waals surface area (Å²) in [5.41, 5.74) is 5.00. The molecule has 172 valence electrons. The minimum atomic E-state index is 0.371. The molecular formula is C30H30N2OS. The molecule has 2 fully saturated rings. The summed E-state index contributed by atoms with van der Waals surface area (Å²) >= 11 is 4.70. The van der Waals surface area contributed by atoms with E-state index >= 15 is 0 Å². The van der Waals surface area contributed by atoms with Crippen LogP contribution in [0.5, 0.6) is 11.5 Å². The van der Waals surface area contributed by atoms with E-state index in [0.29, 0.717) is 23.9 Å². The van der Waals surface area contributed by atoms with Crippen LogP contribution in [0.2, 0.25) is 0 Å². The van der Waals surface area contributed by atoms with Crippen molar-refractivity contribution in [2.45, 2.75) is 43.7 Å². The third kappa shape index (κ3) is 3.89. The first-order valence-electron chi connectivity index (χ1n) is 12.3. The molecule has 4 heterocycles. The predicted molar refractivity (Wildman–Crippen MR) is 142 cm³/mol. The molecule has 0 amide bonds. The van der Waals surface area contributed by atoms with Gasteiger partial charge in [-0.15, -0.1) is 12.6 Å². The van der Waals surface area contributed by atoms with E-state index in [4.69, 9.17) is 17.4 Å². The van der Waals surface area contributed by atoms with Crippen LogP contribution in [-0.2, 0) is 0 Å². The van der Waals surface area contributed by atoms with Gasteiger partial charge in [-0.05, 0) is 71.9 Å². The van der Waals surface area contributed by atoms with Crippen LogP contribution in [0.25, 0.3) is 11.1 Å². The van der Waals surface area contributed by atoms with Crippen LogP contribution in [-0.4, -0.2) is 28.5 Å². The van der Waals surface area contributed by atoms with Gasteiger partial charge < -0.3 is 4.74 Å². The fraction of sp³-hybridized carbons (Fsp3) is 0.300. The summed E-state index contributed by atoms with van der Waals surface area (Å²) in [4.78, 5) is 7.97. The van der Waals surface area contributed by atoms with Crippen LogP contribution in [0.1, 0.15) is 42.7 Å². The zero-order chi connectivity index (χ0) is 23.1. The Bertz CT molecular complexity index is 1220. The van der Waals surface area contributed by atoms with Gasteiger partial charge in [0, 0.05) is 48.1 Å². The molecule has 34 heavy (non-hydrogen) atoms. The summed E-state index contributed by atoms with van der Waals surface area (Å²) in [7, 11) is 0. The largest absolute Gasteiger partial charge is 0.457 e. The molecular weight excluding hydrogens is 436 g/mol. The molecule has 0 saturated carbocycles. The van der Waals surface area contributed by atoms with E-state index in [1.807, 2.05) is 24.5 Å². The van der Waals surface area contributed by atoms with Gasteiger partial charge in [-0.25, -0.2) is 0 Å². The van der Waals surface area contributed by atoms with Crippen molar-refractivity contribution in [3.05, 3.63) is 102 Å². The Kier molecular flexibility index (Phi) is 5.80. The molecule has 3 atom stereocenters. The number of thiol groups is 1. The highest BCUT2D eigenvalue weighted by Crippen LogP contribution is 2.53. The molecule has 2 aromatic carbocycles. The third-order valence-electron chi connectivity index (χ3n) is 7.88. The van der Waals surface area contributed by atoms with Crippen LogP contribution in [0.3, 0.4) is 0 Å². The molecule has 0 radical (unpaired) electrons. The summed E-state index contributed by atoms with van der Waals surface area (Å²) in [5.74, 6) is 2.99. The van der Waals surface area contributed by atoms with E-state index in [2.05, 4.69) is 71.1 Å². The number of rotatable bonds is 5. The minimum Gasteiger partial charge on any atom is -0.457 e. The van der Waals surface area contributed by atoms with Gasteiger partial charge >= 0.3 is 0 Å². The molecule has 6 rings (SSSR count). The quantitative estimate of drug-likeness (QED) is 0.317. The fourth-order valence-corrected chi connectivity index (χ4v) is 6.72. The number of fused-ring (bicyclic) bond motifs is 4.